The average Bonchev–Trinajstić information content (AvgIpc) is 3.21. The van der Waals surface area contributed by atoms with Crippen LogP contribution in [0.15, 0.2) is 97.2 Å². The van der Waals surface area contributed by atoms with Crippen molar-refractivity contribution in [3.8, 4) is 0 Å². The number of carbonyl (C=O) groups excluding carboxylic acids is 3. The number of unbranched alkanes of at least 4 members (excludes halogenated alkanes) is 14. The Morgan fingerprint density at radius 1 is 0.368 bits per heavy atom. The first kappa shape index (κ1) is 53.3. The van der Waals surface area contributed by atoms with Gasteiger partial charge < -0.3 is 14.2 Å². The molecule has 0 saturated heterocycles. The smallest absolute Gasteiger partial charge is 0.306 e. The first-order valence-corrected chi connectivity index (χ1v) is 22.8. The van der Waals surface area contributed by atoms with E-state index in [0.717, 1.165) is 122 Å². The van der Waals surface area contributed by atoms with Crippen LogP contribution in [0.2, 0.25) is 0 Å². The van der Waals surface area contributed by atoms with E-state index in [1.54, 1.807) is 0 Å². The first-order chi connectivity index (χ1) is 28.0. The topological polar surface area (TPSA) is 78.9 Å². The van der Waals surface area contributed by atoms with Gasteiger partial charge in [0.25, 0.3) is 0 Å². The van der Waals surface area contributed by atoms with E-state index in [1.807, 2.05) is 6.08 Å². The summed E-state index contributed by atoms with van der Waals surface area (Å²) in [5.41, 5.74) is 0. The van der Waals surface area contributed by atoms with Gasteiger partial charge in [-0.05, 0) is 96.3 Å². The van der Waals surface area contributed by atoms with Gasteiger partial charge in [-0.25, -0.2) is 0 Å². The van der Waals surface area contributed by atoms with Crippen molar-refractivity contribution >= 4 is 17.9 Å². The van der Waals surface area contributed by atoms with Crippen LogP contribution in [0.1, 0.15) is 188 Å². The van der Waals surface area contributed by atoms with Gasteiger partial charge in [0.05, 0.1) is 0 Å². The normalized spacial score (nSPS) is 13.0. The summed E-state index contributed by atoms with van der Waals surface area (Å²) in [6.07, 6.45) is 58.2. The van der Waals surface area contributed by atoms with Gasteiger partial charge in [-0.15, -0.1) is 0 Å². The highest BCUT2D eigenvalue weighted by molar-refractivity contribution is 5.71. The molecule has 0 N–H and O–H groups in total. The summed E-state index contributed by atoms with van der Waals surface area (Å²) in [7, 11) is 0. The first-order valence-electron chi connectivity index (χ1n) is 22.8. The SMILES string of the molecule is CC\C=C/C=C\C=C/CCCCCCCC(=O)OC(COC(=O)CCCC/C=C\C/C=C\C/C=C\CC)COC(=O)CCCCCCCCC/C=C\C/C=C\CC. The van der Waals surface area contributed by atoms with Crippen molar-refractivity contribution < 1.29 is 28.6 Å². The number of carbonyl (C=O) groups is 3. The van der Waals surface area contributed by atoms with Crippen LogP contribution in [0.25, 0.3) is 0 Å². The summed E-state index contributed by atoms with van der Waals surface area (Å²) in [6.45, 7) is 6.19. The minimum Gasteiger partial charge on any atom is -0.462 e. The van der Waals surface area contributed by atoms with Gasteiger partial charge in [0, 0.05) is 19.3 Å². The number of ether oxygens (including phenoxy) is 3. The molecule has 0 aliphatic heterocycles. The lowest BCUT2D eigenvalue weighted by molar-refractivity contribution is -0.167. The Balaban J connectivity index is 4.49. The van der Waals surface area contributed by atoms with Gasteiger partial charge in [0.1, 0.15) is 13.2 Å². The molecule has 6 heteroatoms. The van der Waals surface area contributed by atoms with Gasteiger partial charge >= 0.3 is 17.9 Å². The lowest BCUT2D eigenvalue weighted by Gasteiger charge is -2.18. The zero-order chi connectivity index (χ0) is 41.5. The highest BCUT2D eigenvalue weighted by Crippen LogP contribution is 2.13. The third-order valence-corrected chi connectivity index (χ3v) is 9.13. The molecule has 0 aliphatic rings. The van der Waals surface area contributed by atoms with Crippen LogP contribution in [0, 0.1) is 0 Å². The minimum atomic E-state index is -0.806. The predicted octanol–water partition coefficient (Wildman–Crippen LogP) is 14.6. The maximum Gasteiger partial charge on any atom is 0.306 e. The van der Waals surface area contributed by atoms with Gasteiger partial charge in [-0.1, -0.05) is 169 Å². The molecule has 0 amide bonds. The summed E-state index contributed by atoms with van der Waals surface area (Å²) >= 11 is 0. The highest BCUT2D eigenvalue weighted by Gasteiger charge is 2.19. The fourth-order valence-corrected chi connectivity index (χ4v) is 5.79. The van der Waals surface area contributed by atoms with E-state index in [-0.39, 0.29) is 31.1 Å². The molecule has 1 atom stereocenters. The monoisotopic (exact) mass is 791 g/mol. The van der Waals surface area contributed by atoms with E-state index < -0.39 is 6.10 Å². The number of allylic oxidation sites excluding steroid dienone is 16. The van der Waals surface area contributed by atoms with E-state index in [1.165, 1.54) is 25.7 Å². The maximum atomic E-state index is 12.7. The number of hydrogen-bond donors (Lipinski definition) is 0. The molecule has 0 saturated carbocycles. The molecule has 0 spiro atoms. The fourth-order valence-electron chi connectivity index (χ4n) is 5.79. The summed E-state index contributed by atoms with van der Waals surface area (Å²) in [4.78, 5) is 37.8. The number of esters is 3. The molecule has 0 aromatic carbocycles. The zero-order valence-corrected chi connectivity index (χ0v) is 36.6. The molecule has 0 fully saturated rings. The largest absolute Gasteiger partial charge is 0.462 e. The standard InChI is InChI=1S/C51H82O6/c1-4-7-10-13-16-19-22-25-27-29-32-35-38-41-44-50(53)56-47-48(46-55-49(52)43-40-37-34-31-28-24-21-18-15-12-9-6-3)57-51(54)45-42-39-36-33-30-26-23-20-17-14-11-8-5-2/h7-12,14,16-21,23,28,31,48H,4-6,13,15,22,24-27,29-30,32-47H2,1-3H3/b10-7-,11-8-,12-9-,17-14-,19-16-,21-18-,23-20-,31-28-. The molecule has 6 nitrogen and oxygen atoms in total. The second-order valence-corrected chi connectivity index (χ2v) is 14.6. The predicted molar refractivity (Wildman–Crippen MR) is 242 cm³/mol. The average molecular weight is 791 g/mol. The van der Waals surface area contributed by atoms with Crippen LogP contribution >= 0.6 is 0 Å². The van der Waals surface area contributed by atoms with Crippen LogP contribution in [0.5, 0.6) is 0 Å². The zero-order valence-electron chi connectivity index (χ0n) is 36.6. The third kappa shape index (κ3) is 43.3. The van der Waals surface area contributed by atoms with Crippen molar-refractivity contribution in [2.45, 2.75) is 194 Å². The molecule has 0 rings (SSSR count). The van der Waals surface area contributed by atoms with Crippen molar-refractivity contribution in [2.24, 2.45) is 0 Å². The van der Waals surface area contributed by atoms with Gasteiger partial charge in [-0.3, -0.25) is 14.4 Å². The Bertz CT molecular complexity index is 1180. The Morgan fingerprint density at radius 2 is 0.719 bits per heavy atom. The third-order valence-electron chi connectivity index (χ3n) is 9.13. The van der Waals surface area contributed by atoms with Gasteiger partial charge in [0.15, 0.2) is 6.10 Å². The van der Waals surface area contributed by atoms with Gasteiger partial charge in [0.2, 0.25) is 0 Å². The highest BCUT2D eigenvalue weighted by atomic mass is 16.6. The van der Waals surface area contributed by atoms with Gasteiger partial charge in [-0.2, -0.15) is 0 Å². The summed E-state index contributed by atoms with van der Waals surface area (Å²) in [5, 5.41) is 0. The van der Waals surface area contributed by atoms with Crippen molar-refractivity contribution in [3.05, 3.63) is 97.2 Å². The van der Waals surface area contributed by atoms with Crippen molar-refractivity contribution in [2.75, 3.05) is 13.2 Å². The molecular weight excluding hydrogens is 709 g/mol. The molecule has 57 heavy (non-hydrogen) atoms. The second-order valence-electron chi connectivity index (χ2n) is 14.6. The summed E-state index contributed by atoms with van der Waals surface area (Å²) in [6, 6.07) is 0. The summed E-state index contributed by atoms with van der Waals surface area (Å²) in [5.74, 6) is -0.984. The van der Waals surface area contributed by atoms with Crippen molar-refractivity contribution in [3.63, 3.8) is 0 Å². The molecule has 1 unspecified atom stereocenters. The molecule has 0 radical (unpaired) electrons. The number of rotatable bonds is 39. The molecule has 0 bridgehead atoms. The second kappa shape index (κ2) is 45.0. The van der Waals surface area contributed by atoms with Crippen LogP contribution in [-0.2, 0) is 28.6 Å². The Labute approximate surface area is 349 Å². The summed E-state index contributed by atoms with van der Waals surface area (Å²) < 4.78 is 16.7. The Kier molecular flexibility index (Phi) is 42.1. The minimum absolute atomic E-state index is 0.104. The molecule has 322 valence electrons. The van der Waals surface area contributed by atoms with E-state index in [9.17, 15) is 14.4 Å². The quantitative estimate of drug-likeness (QED) is 0.0203. The Hall–Kier alpha value is -3.67. The van der Waals surface area contributed by atoms with Crippen LogP contribution in [0.4, 0.5) is 0 Å². The van der Waals surface area contributed by atoms with Crippen molar-refractivity contribution in [1.82, 2.24) is 0 Å². The van der Waals surface area contributed by atoms with E-state index >= 15 is 0 Å². The molecule has 0 aromatic rings. The van der Waals surface area contributed by atoms with E-state index in [4.69, 9.17) is 14.2 Å². The lowest BCUT2D eigenvalue weighted by atomic mass is 10.1. The fraction of sp³-hybridized carbons (Fsp3) is 0.627. The lowest BCUT2D eigenvalue weighted by Crippen LogP contribution is -2.30. The van der Waals surface area contributed by atoms with Crippen molar-refractivity contribution in [1.29, 1.82) is 0 Å². The van der Waals surface area contributed by atoms with E-state index in [0.29, 0.717) is 19.3 Å². The molecule has 0 aliphatic carbocycles. The van der Waals surface area contributed by atoms with Crippen LogP contribution in [-0.4, -0.2) is 37.2 Å². The molecular formula is C51H82O6. The Morgan fingerprint density at radius 3 is 1.21 bits per heavy atom. The number of hydrogen-bond acceptors (Lipinski definition) is 6. The molecule has 0 aromatic heterocycles. The van der Waals surface area contributed by atoms with Crippen LogP contribution < -0.4 is 0 Å². The molecule has 0 heterocycles. The maximum absolute atomic E-state index is 12.7. The van der Waals surface area contributed by atoms with Crippen LogP contribution in [0.3, 0.4) is 0 Å². The van der Waals surface area contributed by atoms with E-state index in [2.05, 4.69) is 112 Å².